The highest BCUT2D eigenvalue weighted by Gasteiger charge is 2.35. The van der Waals surface area contributed by atoms with Crippen LogP contribution in [-0.2, 0) is 51.7 Å². The highest BCUT2D eigenvalue weighted by molar-refractivity contribution is 6.04. The summed E-state index contributed by atoms with van der Waals surface area (Å²) >= 11 is 0. The number of nitrogens with one attached hydrogen (secondary N) is 4. The van der Waals surface area contributed by atoms with Gasteiger partial charge in [-0.2, -0.15) is 0 Å². The van der Waals surface area contributed by atoms with E-state index >= 15 is 0 Å². The molecule has 5 aromatic carbocycles. The number of hydrogen-bond donors (Lipinski definition) is 4. The van der Waals surface area contributed by atoms with Crippen molar-refractivity contribution in [2.75, 3.05) is 44.6 Å². The predicted octanol–water partition coefficient (Wildman–Crippen LogP) is 7.47. The molecule has 6 amide bonds. The molecule has 0 saturated carbocycles. The molecule has 0 saturated heterocycles. The molecule has 19 nitrogen and oxygen atoms in total. The minimum absolute atomic E-state index is 0.0394. The van der Waals surface area contributed by atoms with Crippen LogP contribution in [0.5, 0.6) is 23.0 Å². The average Bonchev–Trinajstić information content (AvgIpc) is 3.64. The largest absolute Gasteiger partial charge is 0.493 e. The molecule has 0 aliphatic carbocycles. The van der Waals surface area contributed by atoms with Gasteiger partial charge in [-0.05, 0) is 102 Å². The number of nitrogens with zero attached hydrogens (tertiary/aromatic N) is 4. The van der Waals surface area contributed by atoms with Crippen LogP contribution in [0.15, 0.2) is 101 Å². The summed E-state index contributed by atoms with van der Waals surface area (Å²) in [5, 5.41) is 10.4. The van der Waals surface area contributed by atoms with Gasteiger partial charge in [0.05, 0.1) is 68.6 Å². The standard InChI is InChI=1S/C57H60N8O11/c1-34(2)53(61-33-66)54(68)60-29-52(67)62-40-15-12-35(13-16-40)32-76-57(71)63-41-17-14-37-22-43-28-59-47-26-51(49(73-4)24-45(47)56(70)65(43)31-39(37)20-41)75-19-9-5-8-18-74-50-25-46-44(23-48(50)72-3)55(69)64-30-38-11-7-6-10-36(38)21-42(64)27-58-46/h6-7,10-17,20,23-28,33-34,42-43,53H,5,8-9,18-19,21-22,29-32H2,1-4H3,(H,60,68)(H,61,66)(H,62,67)(H,63,71)/t42-,43-,53-/m0/s1. The number of hydrogen-bond acceptors (Lipinski definition) is 13. The molecule has 0 spiro atoms. The lowest BCUT2D eigenvalue weighted by atomic mass is 9.93. The second kappa shape index (κ2) is 23.6. The number of carbonyl (C=O) groups is 6. The maximum Gasteiger partial charge on any atom is 0.411 e. The fourth-order valence-corrected chi connectivity index (χ4v) is 9.65. The van der Waals surface area contributed by atoms with Crippen molar-refractivity contribution in [3.05, 3.63) is 130 Å². The van der Waals surface area contributed by atoms with Gasteiger partial charge in [-0.1, -0.05) is 56.3 Å². The predicted molar refractivity (Wildman–Crippen MR) is 284 cm³/mol. The highest BCUT2D eigenvalue weighted by atomic mass is 16.5. The molecule has 0 radical (unpaired) electrons. The van der Waals surface area contributed by atoms with Crippen LogP contribution in [0.25, 0.3) is 0 Å². The topological polar surface area (TPSA) is 228 Å². The quantitative estimate of drug-likeness (QED) is 0.0442. The number of carbonyl (C=O) groups excluding carboxylic acids is 6. The Morgan fingerprint density at radius 2 is 1.24 bits per heavy atom. The van der Waals surface area contributed by atoms with Gasteiger partial charge in [0.1, 0.15) is 12.6 Å². The average molecular weight is 1030 g/mol. The normalized spacial score (nSPS) is 16.2. The van der Waals surface area contributed by atoms with Gasteiger partial charge in [-0.15, -0.1) is 0 Å². The van der Waals surface area contributed by atoms with E-state index in [1.165, 1.54) is 12.7 Å². The number of ether oxygens (including phenoxy) is 5. The third-order valence-electron chi connectivity index (χ3n) is 13.8. The number of benzene rings is 5. The van der Waals surface area contributed by atoms with Crippen molar-refractivity contribution in [3.63, 3.8) is 0 Å². The molecule has 76 heavy (non-hydrogen) atoms. The number of rotatable bonds is 20. The van der Waals surface area contributed by atoms with Gasteiger partial charge in [-0.25, -0.2) is 4.79 Å². The summed E-state index contributed by atoms with van der Waals surface area (Å²) in [6.45, 7) is 4.86. The minimum atomic E-state index is -0.755. The van der Waals surface area contributed by atoms with E-state index in [0.717, 1.165) is 36.0 Å². The van der Waals surface area contributed by atoms with Crippen LogP contribution in [0.3, 0.4) is 0 Å². The van der Waals surface area contributed by atoms with Crippen LogP contribution in [0.4, 0.5) is 27.5 Å². The molecule has 9 rings (SSSR count). The molecule has 0 bridgehead atoms. The molecule has 4 heterocycles. The van der Waals surface area contributed by atoms with Crippen molar-refractivity contribution in [2.24, 2.45) is 15.9 Å². The first-order valence-electron chi connectivity index (χ1n) is 25.3. The molecular weight excluding hydrogens is 973 g/mol. The Bertz CT molecular complexity index is 3090. The van der Waals surface area contributed by atoms with Crippen LogP contribution in [0.2, 0.25) is 0 Å². The minimum Gasteiger partial charge on any atom is -0.493 e. The Morgan fingerprint density at radius 1 is 0.671 bits per heavy atom. The van der Waals surface area contributed by atoms with E-state index in [9.17, 15) is 28.8 Å². The number of methoxy groups -OCH3 is 2. The lowest BCUT2D eigenvalue weighted by Crippen LogP contribution is -2.48. The molecule has 4 N–H and O–H groups in total. The summed E-state index contributed by atoms with van der Waals surface area (Å²) in [6.07, 6.45) is 6.92. The van der Waals surface area contributed by atoms with Crippen molar-refractivity contribution < 1.29 is 52.5 Å². The van der Waals surface area contributed by atoms with Crippen molar-refractivity contribution in [1.82, 2.24) is 20.4 Å². The second-order valence-corrected chi connectivity index (χ2v) is 19.2. The lowest BCUT2D eigenvalue weighted by molar-refractivity contribution is -0.128. The number of amides is 6. The van der Waals surface area contributed by atoms with E-state index in [4.69, 9.17) is 33.7 Å². The molecule has 394 valence electrons. The first-order valence-corrected chi connectivity index (χ1v) is 25.3. The smallest absolute Gasteiger partial charge is 0.411 e. The van der Waals surface area contributed by atoms with Crippen LogP contribution in [0.1, 0.15) is 81.6 Å². The maximum absolute atomic E-state index is 14.2. The summed E-state index contributed by atoms with van der Waals surface area (Å²) in [4.78, 5) is 89.6. The fraction of sp³-hybridized carbons (Fsp3) is 0.333. The summed E-state index contributed by atoms with van der Waals surface area (Å²) in [5.41, 5.74) is 7.82. The van der Waals surface area contributed by atoms with E-state index in [2.05, 4.69) is 33.4 Å². The Hall–Kier alpha value is -8.74. The molecule has 19 heteroatoms. The van der Waals surface area contributed by atoms with Gasteiger partial charge >= 0.3 is 6.09 Å². The van der Waals surface area contributed by atoms with Crippen molar-refractivity contribution in [2.45, 2.75) is 83.8 Å². The Labute approximate surface area is 440 Å². The van der Waals surface area contributed by atoms with E-state index < -0.39 is 23.9 Å². The van der Waals surface area contributed by atoms with E-state index in [1.54, 1.807) is 86.7 Å². The van der Waals surface area contributed by atoms with Crippen LogP contribution in [0, 0.1) is 5.92 Å². The van der Waals surface area contributed by atoms with Crippen molar-refractivity contribution in [1.29, 1.82) is 0 Å². The van der Waals surface area contributed by atoms with Gasteiger partial charge < -0.3 is 49.4 Å². The monoisotopic (exact) mass is 1030 g/mol. The van der Waals surface area contributed by atoms with Gasteiger partial charge in [0, 0.05) is 49.0 Å². The van der Waals surface area contributed by atoms with Crippen molar-refractivity contribution >= 4 is 71.3 Å². The molecule has 0 fully saturated rings. The van der Waals surface area contributed by atoms with Crippen LogP contribution < -0.4 is 40.2 Å². The van der Waals surface area contributed by atoms with E-state index in [1.807, 2.05) is 35.4 Å². The van der Waals surface area contributed by atoms with Gasteiger partial charge in [0.15, 0.2) is 23.0 Å². The number of fused-ring (bicyclic) bond motifs is 6. The fourth-order valence-electron chi connectivity index (χ4n) is 9.65. The second-order valence-electron chi connectivity index (χ2n) is 19.2. The number of unbranched alkanes of at least 4 members (excludes halogenated alkanes) is 2. The van der Waals surface area contributed by atoms with Crippen LogP contribution in [-0.4, -0.2) is 110 Å². The summed E-state index contributed by atoms with van der Waals surface area (Å²) in [6, 6.07) is 26.2. The molecule has 4 aliphatic heterocycles. The van der Waals surface area contributed by atoms with Gasteiger partial charge in [0.2, 0.25) is 18.2 Å². The van der Waals surface area contributed by atoms with E-state index in [0.29, 0.717) is 101 Å². The first kappa shape index (κ1) is 52.1. The lowest BCUT2D eigenvalue weighted by Gasteiger charge is -2.34. The van der Waals surface area contributed by atoms with Crippen molar-refractivity contribution in [3.8, 4) is 23.0 Å². The molecule has 5 aromatic rings. The molecule has 4 aliphatic rings. The van der Waals surface area contributed by atoms with Gasteiger partial charge in [-0.3, -0.25) is 39.3 Å². The summed E-state index contributed by atoms with van der Waals surface area (Å²) < 4.78 is 29.2. The SMILES string of the molecule is COc1cc2c(cc1OCCCCCOc1cc3c(cc1OC)C(=O)N1Cc4cc(NC(=O)OCc5ccc(NC(=O)CNC(=O)[C@@H](NC=O)C(C)C)cc5)ccc4C[C@H]1C=N3)N=C[C@@H]1Cc3ccccc3CN1C2=O. The maximum atomic E-state index is 14.2. The molecular formula is C57H60N8O11. The first-order chi connectivity index (χ1) is 36.9. The van der Waals surface area contributed by atoms with Gasteiger partial charge in [0.25, 0.3) is 11.8 Å². The molecule has 0 aromatic heterocycles. The molecule has 0 unspecified atom stereocenters. The highest BCUT2D eigenvalue weighted by Crippen LogP contribution is 2.40. The number of anilines is 2. The van der Waals surface area contributed by atoms with Crippen LogP contribution >= 0.6 is 0 Å². The number of aliphatic imine (C=N–C) groups is 2. The Morgan fingerprint density at radius 3 is 1.82 bits per heavy atom. The third kappa shape index (κ3) is 11.9. The summed E-state index contributed by atoms with van der Waals surface area (Å²) in [5.74, 6) is 0.513. The zero-order valence-electron chi connectivity index (χ0n) is 42.8. The third-order valence-corrected chi connectivity index (χ3v) is 13.8. The molecule has 3 atom stereocenters. The summed E-state index contributed by atoms with van der Waals surface area (Å²) in [7, 11) is 3.09. The Kier molecular flexibility index (Phi) is 16.2. The zero-order valence-corrected chi connectivity index (χ0v) is 42.8. The zero-order chi connectivity index (χ0) is 53.3. The Balaban J connectivity index is 0.728. The van der Waals surface area contributed by atoms with E-state index in [-0.39, 0.29) is 49.5 Å².